The second-order valence-corrected chi connectivity index (χ2v) is 3.85. The molecule has 1 unspecified atom stereocenters. The standard InChI is InChI=1S/C8H10N2O2S/c1-13(12)7-4-2-3-6(5-7)10-8(9)11/h2-5H,1H3,(H3,9,10,11). The summed E-state index contributed by atoms with van der Waals surface area (Å²) in [6, 6.07) is 6.12. The normalized spacial score (nSPS) is 12.1. The Balaban J connectivity index is 2.91. The van der Waals surface area contributed by atoms with Gasteiger partial charge in [0.25, 0.3) is 0 Å². The molecule has 3 N–H and O–H groups in total. The number of anilines is 1. The summed E-state index contributed by atoms with van der Waals surface area (Å²) in [7, 11) is -1.05. The maximum absolute atomic E-state index is 11.1. The van der Waals surface area contributed by atoms with Gasteiger partial charge in [0.05, 0.1) is 0 Å². The second kappa shape index (κ2) is 4.04. The van der Waals surface area contributed by atoms with Gasteiger partial charge in [-0.05, 0) is 18.2 Å². The largest absolute Gasteiger partial charge is 0.351 e. The van der Waals surface area contributed by atoms with Crippen molar-refractivity contribution in [1.82, 2.24) is 0 Å². The third-order valence-electron chi connectivity index (χ3n) is 1.43. The highest BCUT2D eigenvalue weighted by molar-refractivity contribution is 7.84. The topological polar surface area (TPSA) is 72.2 Å². The lowest BCUT2D eigenvalue weighted by Gasteiger charge is -2.02. The predicted octanol–water partition coefficient (Wildman–Crippen LogP) is 0.915. The van der Waals surface area contributed by atoms with E-state index in [0.717, 1.165) is 0 Å². The fourth-order valence-electron chi connectivity index (χ4n) is 0.895. The molecule has 0 saturated carbocycles. The number of rotatable bonds is 2. The van der Waals surface area contributed by atoms with Crippen LogP contribution in [0.15, 0.2) is 29.2 Å². The number of nitrogens with two attached hydrogens (primary N) is 1. The monoisotopic (exact) mass is 198 g/mol. The summed E-state index contributed by atoms with van der Waals surface area (Å²) in [4.78, 5) is 11.1. The molecular formula is C8H10N2O2S. The average molecular weight is 198 g/mol. The van der Waals surface area contributed by atoms with Crippen LogP contribution < -0.4 is 11.1 Å². The third kappa shape index (κ3) is 2.87. The summed E-state index contributed by atoms with van der Waals surface area (Å²) < 4.78 is 11.1. The average Bonchev–Trinajstić information content (AvgIpc) is 2.03. The maximum Gasteiger partial charge on any atom is 0.316 e. The van der Waals surface area contributed by atoms with Crippen LogP contribution in [0.2, 0.25) is 0 Å². The number of carbonyl (C=O) groups is 1. The van der Waals surface area contributed by atoms with Crippen LogP contribution in [0.3, 0.4) is 0 Å². The van der Waals surface area contributed by atoms with Crippen LogP contribution >= 0.6 is 0 Å². The van der Waals surface area contributed by atoms with Crippen LogP contribution in [0.1, 0.15) is 0 Å². The van der Waals surface area contributed by atoms with Gasteiger partial charge in [0.1, 0.15) is 0 Å². The lowest BCUT2D eigenvalue weighted by Crippen LogP contribution is -2.19. The van der Waals surface area contributed by atoms with E-state index in [0.29, 0.717) is 10.6 Å². The molecule has 1 aromatic carbocycles. The minimum Gasteiger partial charge on any atom is -0.351 e. The fraction of sp³-hybridized carbons (Fsp3) is 0.125. The number of primary amides is 1. The molecular weight excluding hydrogens is 188 g/mol. The van der Waals surface area contributed by atoms with E-state index in [4.69, 9.17) is 5.73 Å². The van der Waals surface area contributed by atoms with Crippen molar-refractivity contribution in [3.05, 3.63) is 24.3 Å². The van der Waals surface area contributed by atoms with Crippen molar-refractivity contribution in [2.75, 3.05) is 11.6 Å². The first kappa shape index (κ1) is 9.73. The van der Waals surface area contributed by atoms with Gasteiger partial charge in [0.2, 0.25) is 0 Å². The molecule has 70 valence electrons. The highest BCUT2D eigenvalue weighted by Gasteiger charge is 1.99. The number of benzene rings is 1. The number of amides is 2. The Morgan fingerprint density at radius 3 is 2.77 bits per heavy atom. The van der Waals surface area contributed by atoms with Crippen LogP contribution in [0, 0.1) is 0 Å². The Morgan fingerprint density at radius 1 is 1.54 bits per heavy atom. The van der Waals surface area contributed by atoms with Crippen molar-refractivity contribution < 1.29 is 9.00 Å². The summed E-state index contributed by atoms with van der Waals surface area (Å²) in [5.41, 5.74) is 5.48. The summed E-state index contributed by atoms with van der Waals surface area (Å²) in [5.74, 6) is 0. The predicted molar refractivity (Wildman–Crippen MR) is 52.0 cm³/mol. The highest BCUT2D eigenvalue weighted by Crippen LogP contribution is 2.12. The van der Waals surface area contributed by atoms with E-state index in [-0.39, 0.29) is 0 Å². The van der Waals surface area contributed by atoms with Gasteiger partial charge >= 0.3 is 6.03 Å². The molecule has 0 fully saturated rings. The van der Waals surface area contributed by atoms with Gasteiger partial charge in [0.15, 0.2) is 0 Å². The fourth-order valence-corrected chi connectivity index (χ4v) is 1.46. The third-order valence-corrected chi connectivity index (χ3v) is 2.35. The molecule has 0 spiro atoms. The zero-order valence-corrected chi connectivity index (χ0v) is 7.93. The molecule has 13 heavy (non-hydrogen) atoms. The smallest absolute Gasteiger partial charge is 0.316 e. The second-order valence-electron chi connectivity index (χ2n) is 2.47. The minimum absolute atomic E-state index is 0.556. The van der Waals surface area contributed by atoms with E-state index in [1.165, 1.54) is 0 Å². The number of hydrogen-bond acceptors (Lipinski definition) is 2. The van der Waals surface area contributed by atoms with E-state index in [2.05, 4.69) is 5.32 Å². The summed E-state index contributed by atoms with van der Waals surface area (Å²) in [6.07, 6.45) is 1.57. The van der Waals surface area contributed by atoms with Gasteiger partial charge in [-0.3, -0.25) is 4.21 Å². The molecule has 0 aliphatic carbocycles. The quantitative estimate of drug-likeness (QED) is 0.741. The molecule has 5 heteroatoms. The van der Waals surface area contributed by atoms with E-state index < -0.39 is 16.8 Å². The lowest BCUT2D eigenvalue weighted by atomic mass is 10.3. The summed E-state index contributed by atoms with van der Waals surface area (Å²) in [6.45, 7) is 0. The lowest BCUT2D eigenvalue weighted by molar-refractivity contribution is 0.259. The molecule has 2 amide bonds. The van der Waals surface area contributed by atoms with Crippen LogP contribution in [0.5, 0.6) is 0 Å². The van der Waals surface area contributed by atoms with Gasteiger partial charge in [-0.1, -0.05) is 6.07 Å². The molecule has 0 aromatic heterocycles. The van der Waals surface area contributed by atoms with E-state index >= 15 is 0 Å². The Morgan fingerprint density at radius 2 is 2.23 bits per heavy atom. The van der Waals surface area contributed by atoms with E-state index in [9.17, 15) is 9.00 Å². The maximum atomic E-state index is 11.1. The number of carbonyl (C=O) groups excluding carboxylic acids is 1. The first-order valence-electron chi connectivity index (χ1n) is 3.59. The van der Waals surface area contributed by atoms with E-state index in [1.807, 2.05) is 0 Å². The first-order chi connectivity index (χ1) is 6.09. The van der Waals surface area contributed by atoms with Crippen molar-refractivity contribution >= 4 is 22.5 Å². The van der Waals surface area contributed by atoms with Crippen molar-refractivity contribution in [3.63, 3.8) is 0 Å². The Labute approximate surface area is 78.6 Å². The molecule has 0 bridgehead atoms. The SMILES string of the molecule is CS(=O)c1cccc(NC(N)=O)c1. The van der Waals surface area contributed by atoms with Gasteiger partial charge in [0, 0.05) is 27.6 Å². The molecule has 0 aliphatic heterocycles. The molecule has 1 rings (SSSR count). The molecule has 1 atom stereocenters. The van der Waals surface area contributed by atoms with Crippen molar-refractivity contribution in [2.24, 2.45) is 5.73 Å². The summed E-state index contributed by atoms with van der Waals surface area (Å²) in [5, 5.41) is 2.40. The van der Waals surface area contributed by atoms with Crippen molar-refractivity contribution in [1.29, 1.82) is 0 Å². The number of hydrogen-bond donors (Lipinski definition) is 2. The van der Waals surface area contributed by atoms with Crippen LogP contribution in [0.4, 0.5) is 10.5 Å². The summed E-state index contributed by atoms with van der Waals surface area (Å²) >= 11 is 0. The number of urea groups is 1. The molecule has 0 aliphatic rings. The van der Waals surface area contributed by atoms with Crippen molar-refractivity contribution in [3.8, 4) is 0 Å². The molecule has 0 radical (unpaired) electrons. The molecule has 0 heterocycles. The minimum atomic E-state index is -1.05. The Bertz CT molecular complexity index is 352. The van der Waals surface area contributed by atoms with Crippen LogP contribution in [-0.4, -0.2) is 16.5 Å². The Hall–Kier alpha value is -1.36. The van der Waals surface area contributed by atoms with Crippen LogP contribution in [-0.2, 0) is 10.8 Å². The van der Waals surface area contributed by atoms with Gasteiger partial charge in [-0.25, -0.2) is 4.79 Å². The van der Waals surface area contributed by atoms with Crippen LogP contribution in [0.25, 0.3) is 0 Å². The zero-order valence-electron chi connectivity index (χ0n) is 7.11. The van der Waals surface area contributed by atoms with Crippen molar-refractivity contribution in [2.45, 2.75) is 4.90 Å². The molecule has 0 saturated heterocycles. The Kier molecular flexibility index (Phi) is 3.02. The number of nitrogens with one attached hydrogen (secondary N) is 1. The van der Waals surface area contributed by atoms with Gasteiger partial charge in [-0.2, -0.15) is 0 Å². The highest BCUT2D eigenvalue weighted by atomic mass is 32.2. The molecule has 4 nitrogen and oxygen atoms in total. The zero-order chi connectivity index (χ0) is 9.84. The molecule has 1 aromatic rings. The first-order valence-corrected chi connectivity index (χ1v) is 5.15. The van der Waals surface area contributed by atoms with Gasteiger partial charge in [-0.15, -0.1) is 0 Å². The van der Waals surface area contributed by atoms with E-state index in [1.54, 1.807) is 30.5 Å². The van der Waals surface area contributed by atoms with Gasteiger partial charge < -0.3 is 11.1 Å².